The third kappa shape index (κ3) is 6.53. The zero-order valence-corrected chi connectivity index (χ0v) is 19.7. The Labute approximate surface area is 199 Å². The van der Waals surface area contributed by atoms with Crippen LogP contribution >= 0.6 is 0 Å². The monoisotopic (exact) mass is 472 g/mol. The van der Waals surface area contributed by atoms with E-state index in [9.17, 15) is 14.0 Å². The van der Waals surface area contributed by atoms with E-state index in [1.54, 1.807) is 23.1 Å². The molecule has 0 saturated carbocycles. The number of piperazine rings is 1. The van der Waals surface area contributed by atoms with Crippen LogP contribution in [0, 0.1) is 11.7 Å². The normalized spacial score (nSPS) is 21.5. The summed E-state index contributed by atoms with van der Waals surface area (Å²) in [6.07, 6.45) is 4.98. The highest BCUT2D eigenvalue weighted by Crippen LogP contribution is 2.27. The van der Waals surface area contributed by atoms with Crippen molar-refractivity contribution in [1.82, 2.24) is 29.5 Å². The van der Waals surface area contributed by atoms with Crippen molar-refractivity contribution >= 4 is 11.8 Å². The number of benzene rings is 1. The molecule has 2 aliphatic heterocycles. The number of likely N-dealkylation sites (N-methyl/N-ethyl adjacent to an activating group) is 1. The fourth-order valence-corrected chi connectivity index (χ4v) is 4.58. The maximum absolute atomic E-state index is 13.3. The number of amides is 2. The van der Waals surface area contributed by atoms with Crippen LogP contribution < -0.4 is 4.74 Å². The van der Waals surface area contributed by atoms with Gasteiger partial charge < -0.3 is 19.4 Å². The van der Waals surface area contributed by atoms with E-state index in [-0.39, 0.29) is 29.7 Å². The van der Waals surface area contributed by atoms with E-state index in [1.165, 1.54) is 18.5 Å². The highest BCUT2D eigenvalue weighted by molar-refractivity contribution is 5.78. The van der Waals surface area contributed by atoms with Gasteiger partial charge in [-0.05, 0) is 37.7 Å². The Morgan fingerprint density at radius 3 is 2.53 bits per heavy atom. The average molecular weight is 473 g/mol. The van der Waals surface area contributed by atoms with Crippen LogP contribution in [0.15, 0.2) is 36.9 Å². The molecule has 2 atom stereocenters. The van der Waals surface area contributed by atoms with Crippen molar-refractivity contribution < 1.29 is 18.7 Å². The fraction of sp³-hybridized carbons (Fsp3) is 0.583. The van der Waals surface area contributed by atoms with Crippen molar-refractivity contribution in [2.45, 2.75) is 38.3 Å². The van der Waals surface area contributed by atoms with Crippen molar-refractivity contribution in [3.63, 3.8) is 0 Å². The summed E-state index contributed by atoms with van der Waals surface area (Å²) in [6.45, 7) is 4.86. The fourth-order valence-electron chi connectivity index (χ4n) is 4.58. The Balaban J connectivity index is 1.37. The van der Waals surface area contributed by atoms with Gasteiger partial charge in [-0.25, -0.2) is 9.37 Å². The Morgan fingerprint density at radius 1 is 1.06 bits per heavy atom. The number of piperidine rings is 1. The summed E-state index contributed by atoms with van der Waals surface area (Å²) in [7, 11) is 2.06. The van der Waals surface area contributed by atoms with E-state index in [1.807, 2.05) is 9.80 Å². The molecule has 34 heavy (non-hydrogen) atoms. The number of halogens is 1. The van der Waals surface area contributed by atoms with E-state index >= 15 is 0 Å². The second-order valence-corrected chi connectivity index (χ2v) is 9.15. The van der Waals surface area contributed by atoms with Crippen LogP contribution in [0.2, 0.25) is 0 Å². The third-order valence-electron chi connectivity index (χ3n) is 6.66. The van der Waals surface area contributed by atoms with Gasteiger partial charge in [0.15, 0.2) is 0 Å². The quantitative estimate of drug-likeness (QED) is 0.581. The molecule has 0 N–H and O–H groups in total. The summed E-state index contributed by atoms with van der Waals surface area (Å²) < 4.78 is 21.2. The number of carbonyl (C=O) groups excluding carboxylic acids is 2. The molecule has 2 aliphatic rings. The van der Waals surface area contributed by atoms with Crippen molar-refractivity contribution in [3.8, 4) is 5.75 Å². The number of hydrogen-bond acceptors (Lipinski definition) is 6. The predicted molar refractivity (Wildman–Crippen MR) is 123 cm³/mol. The number of ether oxygens (including phenoxy) is 1. The first-order chi connectivity index (χ1) is 16.5. The first kappa shape index (κ1) is 24.1. The van der Waals surface area contributed by atoms with Crippen LogP contribution in [-0.4, -0.2) is 93.7 Å². The topological polar surface area (TPSA) is 83.8 Å². The molecule has 10 heteroatoms. The van der Waals surface area contributed by atoms with Gasteiger partial charge in [-0.2, -0.15) is 5.10 Å². The molecule has 184 valence electrons. The van der Waals surface area contributed by atoms with Gasteiger partial charge in [0.2, 0.25) is 11.8 Å². The van der Waals surface area contributed by atoms with Gasteiger partial charge in [-0.1, -0.05) is 0 Å². The average Bonchev–Trinajstić information content (AvgIpc) is 3.35. The van der Waals surface area contributed by atoms with Gasteiger partial charge in [0.1, 0.15) is 30.3 Å². The molecule has 2 amide bonds. The zero-order valence-electron chi connectivity index (χ0n) is 19.7. The van der Waals surface area contributed by atoms with Crippen LogP contribution in [0.1, 0.15) is 25.7 Å². The molecule has 0 aliphatic carbocycles. The largest absolute Gasteiger partial charge is 0.490 e. The van der Waals surface area contributed by atoms with E-state index in [2.05, 4.69) is 22.0 Å². The van der Waals surface area contributed by atoms with Gasteiger partial charge >= 0.3 is 0 Å². The van der Waals surface area contributed by atoms with E-state index < -0.39 is 0 Å². The van der Waals surface area contributed by atoms with Gasteiger partial charge in [0, 0.05) is 71.0 Å². The Hall–Kier alpha value is -3.01. The smallest absolute Gasteiger partial charge is 0.223 e. The maximum atomic E-state index is 13.3. The number of rotatable bonds is 8. The molecule has 4 rings (SSSR count). The number of likely N-dealkylation sites (tertiary alicyclic amines) is 1. The van der Waals surface area contributed by atoms with E-state index in [0.29, 0.717) is 51.1 Å². The summed E-state index contributed by atoms with van der Waals surface area (Å²) in [5.41, 5.74) is 0. The SMILES string of the molecule is CN1CCN(C(=O)C[C@H]2CN(C(=O)CCCn3cncn3)CC[C@@H]2Oc2ccc(F)cc2)CC1. The highest BCUT2D eigenvalue weighted by atomic mass is 19.1. The van der Waals surface area contributed by atoms with Crippen LogP contribution in [-0.2, 0) is 16.1 Å². The molecule has 0 unspecified atom stereocenters. The predicted octanol–water partition coefficient (Wildman–Crippen LogP) is 1.66. The Kier molecular flexibility index (Phi) is 8.10. The second kappa shape index (κ2) is 11.4. The molecule has 2 saturated heterocycles. The molecular weight excluding hydrogens is 439 g/mol. The molecule has 0 bridgehead atoms. The van der Waals surface area contributed by atoms with Crippen LogP contribution in [0.3, 0.4) is 0 Å². The molecule has 1 aromatic heterocycles. The molecule has 2 aromatic rings. The molecule has 0 spiro atoms. The van der Waals surface area contributed by atoms with Crippen LogP contribution in [0.5, 0.6) is 5.75 Å². The summed E-state index contributed by atoms with van der Waals surface area (Å²) in [4.78, 5) is 35.9. The van der Waals surface area contributed by atoms with Gasteiger partial charge in [-0.15, -0.1) is 0 Å². The zero-order chi connectivity index (χ0) is 23.9. The number of aromatic nitrogens is 3. The summed E-state index contributed by atoms with van der Waals surface area (Å²) in [5.74, 6) is 0.324. The van der Waals surface area contributed by atoms with Crippen LogP contribution in [0.4, 0.5) is 4.39 Å². The first-order valence-corrected chi connectivity index (χ1v) is 12.0. The Bertz CT molecular complexity index is 931. The summed E-state index contributed by atoms with van der Waals surface area (Å²) in [5, 5.41) is 4.07. The van der Waals surface area contributed by atoms with Crippen molar-refractivity contribution in [1.29, 1.82) is 0 Å². The molecule has 0 radical (unpaired) electrons. The minimum atomic E-state index is -0.319. The molecule has 2 fully saturated rings. The maximum Gasteiger partial charge on any atom is 0.223 e. The lowest BCUT2D eigenvalue weighted by Crippen LogP contribution is -2.51. The van der Waals surface area contributed by atoms with Crippen molar-refractivity contribution in [3.05, 3.63) is 42.7 Å². The minimum absolute atomic E-state index is 0.0809. The number of hydrogen-bond donors (Lipinski definition) is 0. The highest BCUT2D eigenvalue weighted by Gasteiger charge is 2.35. The van der Waals surface area contributed by atoms with E-state index in [4.69, 9.17) is 4.74 Å². The van der Waals surface area contributed by atoms with Gasteiger partial charge in [0.25, 0.3) is 0 Å². The second-order valence-electron chi connectivity index (χ2n) is 9.15. The molecule has 1 aromatic carbocycles. The standard InChI is InChI=1S/C24H33FN6O3/c1-28-11-13-29(14-12-28)24(33)15-19-16-30(23(32)3-2-9-31-18-26-17-27-31)10-8-22(19)34-21-6-4-20(25)5-7-21/h4-7,17-19,22H,2-3,8-16H2,1H3/t19-,22-/m0/s1. The lowest BCUT2D eigenvalue weighted by Gasteiger charge is -2.40. The molecule has 9 nitrogen and oxygen atoms in total. The van der Waals surface area contributed by atoms with Crippen molar-refractivity contribution in [2.24, 2.45) is 5.92 Å². The van der Waals surface area contributed by atoms with Crippen molar-refractivity contribution in [2.75, 3.05) is 46.3 Å². The lowest BCUT2D eigenvalue weighted by atomic mass is 9.90. The Morgan fingerprint density at radius 2 is 1.82 bits per heavy atom. The molecular formula is C24H33FN6O3. The minimum Gasteiger partial charge on any atom is -0.490 e. The van der Waals surface area contributed by atoms with Gasteiger partial charge in [-0.3, -0.25) is 14.3 Å². The van der Waals surface area contributed by atoms with E-state index in [0.717, 1.165) is 26.2 Å². The number of carbonyl (C=O) groups is 2. The summed E-state index contributed by atoms with van der Waals surface area (Å²) in [6, 6.07) is 5.95. The first-order valence-electron chi connectivity index (χ1n) is 12.0. The summed E-state index contributed by atoms with van der Waals surface area (Å²) >= 11 is 0. The number of nitrogens with zero attached hydrogens (tertiary/aromatic N) is 6. The molecule has 3 heterocycles. The third-order valence-corrected chi connectivity index (χ3v) is 6.66. The lowest BCUT2D eigenvalue weighted by molar-refractivity contribution is -0.140. The van der Waals surface area contributed by atoms with Crippen LogP contribution in [0.25, 0.3) is 0 Å². The number of aryl methyl sites for hydroxylation is 1. The van der Waals surface area contributed by atoms with Gasteiger partial charge in [0.05, 0.1) is 0 Å².